The minimum absolute atomic E-state index is 0.0853. The quantitative estimate of drug-likeness (QED) is 0.345. The van der Waals surface area contributed by atoms with Crippen LogP contribution in [0, 0.1) is 11.3 Å². The van der Waals surface area contributed by atoms with Gasteiger partial charge in [0.1, 0.15) is 0 Å². The van der Waals surface area contributed by atoms with Crippen LogP contribution in [0.5, 0.6) is 0 Å². The van der Waals surface area contributed by atoms with Crippen molar-refractivity contribution in [1.29, 1.82) is 0 Å². The summed E-state index contributed by atoms with van der Waals surface area (Å²) in [4.78, 5) is 10.8. The first-order chi connectivity index (χ1) is 8.35. The van der Waals surface area contributed by atoms with E-state index in [0.29, 0.717) is 12.5 Å². The Hall–Kier alpha value is -0.120. The highest BCUT2D eigenvalue weighted by molar-refractivity contribution is 4.67. The maximum absolute atomic E-state index is 5.98. The molecule has 0 saturated heterocycles. The molecule has 2 unspecified atom stereocenters. The van der Waals surface area contributed by atoms with Gasteiger partial charge in [-0.05, 0) is 18.8 Å². The van der Waals surface area contributed by atoms with Crippen LogP contribution >= 0.6 is 0 Å². The molecule has 0 spiro atoms. The summed E-state index contributed by atoms with van der Waals surface area (Å²) in [6, 6.07) is 0. The van der Waals surface area contributed by atoms with Crippen LogP contribution in [-0.4, -0.2) is 19.0 Å². The molecule has 0 saturated carbocycles. The maximum atomic E-state index is 5.98. The molecule has 3 heteroatoms. The molecule has 0 N–H and O–H groups in total. The topological polar surface area (TPSA) is 27.7 Å². The third-order valence-electron chi connectivity index (χ3n) is 3.14. The molecule has 0 aliphatic rings. The van der Waals surface area contributed by atoms with Crippen molar-refractivity contribution in [2.75, 3.05) is 6.61 Å². The Morgan fingerprint density at radius 2 is 1.50 bits per heavy atom. The van der Waals surface area contributed by atoms with Gasteiger partial charge in [-0.3, -0.25) is 0 Å². The Balaban J connectivity index is 4.24. The average molecular weight is 260 g/mol. The molecule has 2 atom stereocenters. The van der Waals surface area contributed by atoms with Crippen LogP contribution in [0.1, 0.15) is 67.7 Å². The summed E-state index contributed by atoms with van der Waals surface area (Å²) < 4.78 is 5.98. The van der Waals surface area contributed by atoms with Crippen molar-refractivity contribution < 1.29 is 14.5 Å². The number of hydrogen-bond donors (Lipinski definition) is 0. The molecule has 0 bridgehead atoms. The minimum atomic E-state index is -0.313. The summed E-state index contributed by atoms with van der Waals surface area (Å²) in [5.41, 5.74) is -0.0853. The Morgan fingerprint density at radius 3 is 1.89 bits per heavy atom. The van der Waals surface area contributed by atoms with Gasteiger partial charge in [-0.1, -0.05) is 54.9 Å². The summed E-state index contributed by atoms with van der Waals surface area (Å²) in [5.74, 6) is 0.513. The van der Waals surface area contributed by atoms with Gasteiger partial charge in [0.2, 0.25) is 0 Å². The summed E-state index contributed by atoms with van der Waals surface area (Å²) >= 11 is 0. The van der Waals surface area contributed by atoms with Crippen molar-refractivity contribution in [3.05, 3.63) is 0 Å². The molecule has 0 radical (unpaired) electrons. The fourth-order valence-corrected chi connectivity index (χ4v) is 1.36. The van der Waals surface area contributed by atoms with E-state index in [2.05, 4.69) is 48.5 Å². The van der Waals surface area contributed by atoms with Crippen LogP contribution in [0.4, 0.5) is 0 Å². The fraction of sp³-hybridized carbons (Fsp3) is 1.00. The Bertz CT molecular complexity index is 194. The summed E-state index contributed by atoms with van der Waals surface area (Å²) in [6.07, 6.45) is 3.01. The normalized spacial score (nSPS) is 16.0. The van der Waals surface area contributed by atoms with E-state index in [9.17, 15) is 0 Å². The highest BCUT2D eigenvalue weighted by Gasteiger charge is 2.29. The van der Waals surface area contributed by atoms with Crippen LogP contribution in [0.15, 0.2) is 0 Å². The van der Waals surface area contributed by atoms with Gasteiger partial charge in [-0.15, -0.1) is 0 Å². The van der Waals surface area contributed by atoms with Crippen LogP contribution in [0.25, 0.3) is 0 Å². The number of hydrogen-bond acceptors (Lipinski definition) is 3. The summed E-state index contributed by atoms with van der Waals surface area (Å²) in [6.45, 7) is 15.5. The Labute approximate surface area is 113 Å². The zero-order chi connectivity index (χ0) is 14.2. The molecule has 0 fully saturated rings. The van der Waals surface area contributed by atoms with E-state index in [0.717, 1.165) is 19.3 Å². The van der Waals surface area contributed by atoms with Gasteiger partial charge in [0.05, 0.1) is 12.7 Å². The number of ether oxygens (including phenoxy) is 1. The van der Waals surface area contributed by atoms with Crippen LogP contribution in [-0.2, 0) is 14.5 Å². The number of rotatable bonds is 9. The molecule has 0 aromatic heterocycles. The van der Waals surface area contributed by atoms with Crippen molar-refractivity contribution in [2.45, 2.75) is 80.1 Å². The predicted molar refractivity (Wildman–Crippen MR) is 75.2 cm³/mol. The molecule has 3 nitrogen and oxygen atoms in total. The monoisotopic (exact) mass is 260 g/mol. The summed E-state index contributed by atoms with van der Waals surface area (Å²) in [7, 11) is 0. The van der Waals surface area contributed by atoms with E-state index in [1.807, 2.05) is 0 Å². The van der Waals surface area contributed by atoms with Crippen LogP contribution < -0.4 is 0 Å². The molecule has 0 rings (SSSR count). The zero-order valence-electron chi connectivity index (χ0n) is 13.3. The first kappa shape index (κ1) is 17.9. The Kier molecular flexibility index (Phi) is 8.83. The lowest BCUT2D eigenvalue weighted by molar-refractivity contribution is -0.409. The first-order valence-electron chi connectivity index (χ1n) is 7.28. The lowest BCUT2D eigenvalue weighted by atomic mass is 9.96. The van der Waals surface area contributed by atoms with Gasteiger partial charge in [-0.2, -0.15) is 0 Å². The second-order valence-electron chi connectivity index (χ2n) is 6.17. The highest BCUT2D eigenvalue weighted by atomic mass is 17.2. The van der Waals surface area contributed by atoms with E-state index in [1.165, 1.54) is 0 Å². The molecule has 0 amide bonds. The van der Waals surface area contributed by atoms with E-state index < -0.39 is 0 Å². The maximum Gasteiger partial charge on any atom is 0.196 e. The smallest absolute Gasteiger partial charge is 0.196 e. The van der Waals surface area contributed by atoms with Gasteiger partial charge >= 0.3 is 0 Å². The first-order valence-corrected chi connectivity index (χ1v) is 7.28. The Morgan fingerprint density at radius 1 is 0.944 bits per heavy atom. The summed E-state index contributed by atoms with van der Waals surface area (Å²) in [5, 5.41) is 0. The molecule has 0 aromatic rings. The van der Waals surface area contributed by atoms with Crippen molar-refractivity contribution >= 4 is 0 Å². The van der Waals surface area contributed by atoms with Gasteiger partial charge in [0.25, 0.3) is 0 Å². The lowest BCUT2D eigenvalue weighted by Gasteiger charge is -2.32. The highest BCUT2D eigenvalue weighted by Crippen LogP contribution is 2.26. The molecule has 0 aliphatic heterocycles. The third kappa shape index (κ3) is 7.34. The molecular formula is C15H32O3. The molecule has 0 aliphatic carbocycles. The third-order valence-corrected chi connectivity index (χ3v) is 3.14. The zero-order valence-corrected chi connectivity index (χ0v) is 13.3. The average Bonchev–Trinajstić information content (AvgIpc) is 2.31. The van der Waals surface area contributed by atoms with Crippen LogP contribution in [0.2, 0.25) is 0 Å². The van der Waals surface area contributed by atoms with Crippen molar-refractivity contribution in [3.8, 4) is 0 Å². The van der Waals surface area contributed by atoms with E-state index in [-0.39, 0.29) is 17.8 Å². The molecular weight excluding hydrogens is 228 g/mol. The molecule has 0 aromatic carbocycles. The molecule has 18 heavy (non-hydrogen) atoms. The van der Waals surface area contributed by atoms with Gasteiger partial charge in [0.15, 0.2) is 6.29 Å². The van der Waals surface area contributed by atoms with Crippen molar-refractivity contribution in [3.63, 3.8) is 0 Å². The predicted octanol–water partition coefficient (Wildman–Crippen LogP) is 4.56. The molecule has 0 heterocycles. The fourth-order valence-electron chi connectivity index (χ4n) is 1.36. The van der Waals surface area contributed by atoms with E-state index in [4.69, 9.17) is 14.5 Å². The van der Waals surface area contributed by atoms with Gasteiger partial charge < -0.3 is 4.74 Å². The van der Waals surface area contributed by atoms with Gasteiger partial charge in [0, 0.05) is 5.41 Å². The minimum Gasteiger partial charge on any atom is -0.346 e. The second-order valence-corrected chi connectivity index (χ2v) is 6.17. The van der Waals surface area contributed by atoms with E-state index in [1.54, 1.807) is 0 Å². The largest absolute Gasteiger partial charge is 0.346 e. The molecule has 110 valence electrons. The van der Waals surface area contributed by atoms with Crippen molar-refractivity contribution in [2.24, 2.45) is 11.3 Å². The van der Waals surface area contributed by atoms with Crippen molar-refractivity contribution in [1.82, 2.24) is 0 Å². The van der Waals surface area contributed by atoms with Gasteiger partial charge in [-0.25, -0.2) is 9.78 Å². The second kappa shape index (κ2) is 8.89. The van der Waals surface area contributed by atoms with Crippen LogP contribution in [0.3, 0.4) is 0 Å². The van der Waals surface area contributed by atoms with E-state index >= 15 is 0 Å². The SMILES string of the molecule is CCC(C)COOC(OC(CC)CC)C(C)(C)C. The standard InChI is InChI=1S/C15H32O3/c1-8-12(4)11-16-18-14(15(5,6)7)17-13(9-2)10-3/h12-14H,8-11H2,1-7H3. The lowest BCUT2D eigenvalue weighted by Crippen LogP contribution is -2.36.